The smallest absolute Gasteiger partial charge is 0.281 e. The number of benzene rings is 3. The average Bonchev–Trinajstić information content (AvgIpc) is 2.77. The number of non-ortho nitro benzene ring substituents is 1. The molecule has 8 nitrogen and oxygen atoms in total. The van der Waals surface area contributed by atoms with Gasteiger partial charge >= 0.3 is 0 Å². The fourth-order valence-electron chi connectivity index (χ4n) is 2.92. The normalized spacial score (nSPS) is 10.7. The summed E-state index contributed by atoms with van der Waals surface area (Å²) in [7, 11) is 0. The highest BCUT2D eigenvalue weighted by Crippen LogP contribution is 2.29. The third-order valence-corrected chi connectivity index (χ3v) is 4.39. The molecule has 3 aromatic rings. The van der Waals surface area contributed by atoms with Crippen molar-refractivity contribution in [2.75, 3.05) is 0 Å². The molecule has 0 saturated carbocycles. The van der Waals surface area contributed by atoms with Crippen LogP contribution in [0.15, 0.2) is 66.7 Å². The van der Waals surface area contributed by atoms with Crippen LogP contribution in [0.5, 0.6) is 0 Å². The molecule has 0 aromatic heterocycles. The van der Waals surface area contributed by atoms with Gasteiger partial charge in [-0.1, -0.05) is 42.5 Å². The minimum Gasteiger partial charge on any atom is -0.298 e. The Morgan fingerprint density at radius 3 is 2.03 bits per heavy atom. The van der Waals surface area contributed by atoms with Gasteiger partial charge < -0.3 is 0 Å². The molecule has 0 aliphatic carbocycles. The van der Waals surface area contributed by atoms with Crippen molar-refractivity contribution in [1.82, 2.24) is 0 Å². The summed E-state index contributed by atoms with van der Waals surface area (Å²) in [5, 5.41) is 22.3. The van der Waals surface area contributed by atoms with E-state index in [4.69, 9.17) is 0 Å². The second kappa shape index (κ2) is 8.70. The van der Waals surface area contributed by atoms with Gasteiger partial charge in [0.2, 0.25) is 5.78 Å². The molecular weight excluding hydrogens is 388 g/mol. The molecule has 0 aliphatic rings. The van der Waals surface area contributed by atoms with Gasteiger partial charge in [-0.05, 0) is 23.8 Å². The van der Waals surface area contributed by atoms with Crippen LogP contribution in [0, 0.1) is 20.2 Å². The van der Waals surface area contributed by atoms with Crippen LogP contribution in [0.4, 0.5) is 11.4 Å². The minimum absolute atomic E-state index is 0.0870. The number of carbonyl (C=O) groups excluding carboxylic acids is 2. The van der Waals surface area contributed by atoms with E-state index in [1.54, 1.807) is 18.2 Å². The average molecular weight is 402 g/mol. The van der Waals surface area contributed by atoms with E-state index < -0.39 is 21.3 Å². The summed E-state index contributed by atoms with van der Waals surface area (Å²) < 4.78 is 0. The lowest BCUT2D eigenvalue weighted by Gasteiger charge is -2.09. The van der Waals surface area contributed by atoms with Crippen molar-refractivity contribution in [2.45, 2.75) is 0 Å². The van der Waals surface area contributed by atoms with Crippen LogP contribution in [-0.4, -0.2) is 21.9 Å². The van der Waals surface area contributed by atoms with Crippen molar-refractivity contribution in [3.05, 3.63) is 115 Å². The molecule has 0 spiro atoms. The number of nitro groups is 2. The Kier molecular flexibility index (Phi) is 5.88. The van der Waals surface area contributed by atoms with Crippen LogP contribution >= 0.6 is 0 Å². The molecule has 0 aliphatic heterocycles. The summed E-state index contributed by atoms with van der Waals surface area (Å²) in [5.74, 6) is -0.589. The molecule has 3 aromatic carbocycles. The van der Waals surface area contributed by atoms with E-state index in [1.807, 2.05) is 0 Å². The molecule has 0 saturated heterocycles. The van der Waals surface area contributed by atoms with Gasteiger partial charge in [-0.3, -0.25) is 29.8 Å². The lowest BCUT2D eigenvalue weighted by Crippen LogP contribution is -2.09. The van der Waals surface area contributed by atoms with Crippen LogP contribution in [0.3, 0.4) is 0 Å². The zero-order chi connectivity index (χ0) is 21.7. The highest BCUT2D eigenvalue weighted by Gasteiger charge is 2.26. The van der Waals surface area contributed by atoms with E-state index in [0.717, 1.165) is 6.07 Å². The molecule has 0 unspecified atom stereocenters. The first-order valence-electron chi connectivity index (χ1n) is 8.71. The van der Waals surface area contributed by atoms with Crippen molar-refractivity contribution >= 4 is 35.6 Å². The van der Waals surface area contributed by atoms with Crippen LogP contribution in [0.25, 0.3) is 12.2 Å². The van der Waals surface area contributed by atoms with Crippen LogP contribution < -0.4 is 0 Å². The number of aldehydes is 1. The second-order valence-electron chi connectivity index (χ2n) is 6.21. The monoisotopic (exact) mass is 402 g/mol. The molecule has 30 heavy (non-hydrogen) atoms. The number of ketones is 1. The molecule has 0 atom stereocenters. The number of hydrogen-bond donors (Lipinski definition) is 0. The Hall–Kier alpha value is -4.46. The fraction of sp³-hybridized carbons (Fsp3) is 0. The molecule has 0 radical (unpaired) electrons. The molecule has 148 valence electrons. The standard InChI is InChI=1S/C22H14N2O6/c25-14-17-9-13-20(24(29)30)21(22(26)16-4-2-1-3-5-16)19(17)12-8-15-6-10-18(11-7-15)23(27)28/h1-14H/b12-8+. The lowest BCUT2D eigenvalue weighted by atomic mass is 9.92. The van der Waals surface area contributed by atoms with Gasteiger partial charge in [0, 0.05) is 34.9 Å². The van der Waals surface area contributed by atoms with Crippen LogP contribution in [-0.2, 0) is 0 Å². The van der Waals surface area contributed by atoms with Gasteiger partial charge in [0.25, 0.3) is 11.4 Å². The van der Waals surface area contributed by atoms with Gasteiger partial charge in [0.15, 0.2) is 6.29 Å². The molecule has 0 N–H and O–H groups in total. The van der Waals surface area contributed by atoms with E-state index in [1.165, 1.54) is 54.6 Å². The molecule has 3 rings (SSSR count). The van der Waals surface area contributed by atoms with E-state index in [2.05, 4.69) is 0 Å². The van der Waals surface area contributed by atoms with Crippen molar-refractivity contribution < 1.29 is 19.4 Å². The van der Waals surface area contributed by atoms with E-state index in [9.17, 15) is 29.8 Å². The first kappa shape index (κ1) is 20.3. The van der Waals surface area contributed by atoms with Crippen LogP contribution in [0.1, 0.15) is 37.4 Å². The summed E-state index contributed by atoms with van der Waals surface area (Å²) in [6.07, 6.45) is 3.46. The van der Waals surface area contributed by atoms with Gasteiger partial charge in [-0.15, -0.1) is 0 Å². The highest BCUT2D eigenvalue weighted by molar-refractivity contribution is 6.15. The lowest BCUT2D eigenvalue weighted by molar-refractivity contribution is -0.385. The number of hydrogen-bond acceptors (Lipinski definition) is 6. The van der Waals surface area contributed by atoms with E-state index in [0.29, 0.717) is 11.8 Å². The Balaban J connectivity index is 2.15. The topological polar surface area (TPSA) is 120 Å². The zero-order valence-corrected chi connectivity index (χ0v) is 15.4. The quantitative estimate of drug-likeness (QED) is 0.185. The number of carbonyl (C=O) groups is 2. The predicted octanol–water partition coefficient (Wildman–Crippen LogP) is 4.72. The molecule has 0 bridgehead atoms. The van der Waals surface area contributed by atoms with E-state index in [-0.39, 0.29) is 27.9 Å². The number of rotatable bonds is 7. The maximum Gasteiger partial charge on any atom is 0.281 e. The maximum absolute atomic E-state index is 13.1. The third-order valence-electron chi connectivity index (χ3n) is 4.39. The second-order valence-corrected chi connectivity index (χ2v) is 6.21. The number of nitrogens with zero attached hydrogens (tertiary/aromatic N) is 2. The van der Waals surface area contributed by atoms with Crippen molar-refractivity contribution in [3.8, 4) is 0 Å². The molecule has 8 heteroatoms. The highest BCUT2D eigenvalue weighted by atomic mass is 16.6. The van der Waals surface area contributed by atoms with Crippen molar-refractivity contribution in [3.63, 3.8) is 0 Å². The van der Waals surface area contributed by atoms with E-state index >= 15 is 0 Å². The molecular formula is C22H14N2O6. The minimum atomic E-state index is -0.673. The molecule has 0 fully saturated rings. The Bertz CT molecular complexity index is 1170. The third kappa shape index (κ3) is 4.17. The number of nitro benzene ring substituents is 2. The Labute approximate surface area is 170 Å². The summed E-state index contributed by atoms with van der Waals surface area (Å²) in [6, 6.07) is 16.1. The van der Waals surface area contributed by atoms with Crippen LogP contribution in [0.2, 0.25) is 0 Å². The summed E-state index contributed by atoms with van der Waals surface area (Å²) >= 11 is 0. The fourth-order valence-corrected chi connectivity index (χ4v) is 2.92. The van der Waals surface area contributed by atoms with Gasteiger partial charge in [0.1, 0.15) is 5.56 Å². The first-order valence-corrected chi connectivity index (χ1v) is 8.71. The zero-order valence-electron chi connectivity index (χ0n) is 15.4. The largest absolute Gasteiger partial charge is 0.298 e. The van der Waals surface area contributed by atoms with Crippen molar-refractivity contribution in [1.29, 1.82) is 0 Å². The van der Waals surface area contributed by atoms with Gasteiger partial charge in [0.05, 0.1) is 9.85 Å². The maximum atomic E-state index is 13.1. The van der Waals surface area contributed by atoms with Gasteiger partial charge in [-0.25, -0.2) is 0 Å². The Morgan fingerprint density at radius 2 is 1.47 bits per heavy atom. The summed E-state index contributed by atoms with van der Waals surface area (Å²) in [5.41, 5.74) is 0.308. The summed E-state index contributed by atoms with van der Waals surface area (Å²) in [4.78, 5) is 45.8. The van der Waals surface area contributed by atoms with Crippen molar-refractivity contribution in [2.24, 2.45) is 0 Å². The Morgan fingerprint density at radius 1 is 0.800 bits per heavy atom. The molecule has 0 amide bonds. The predicted molar refractivity (Wildman–Crippen MR) is 110 cm³/mol. The summed E-state index contributed by atoms with van der Waals surface area (Å²) in [6.45, 7) is 0. The van der Waals surface area contributed by atoms with Gasteiger partial charge in [-0.2, -0.15) is 0 Å². The first-order chi connectivity index (χ1) is 14.4. The molecule has 0 heterocycles. The SMILES string of the molecule is O=Cc1ccc([N+](=O)[O-])c(C(=O)c2ccccc2)c1/C=C/c1ccc([N+](=O)[O-])cc1.